The molecular formula is C18H15F4NO2. The molecule has 25 heavy (non-hydrogen) atoms. The van der Waals surface area contributed by atoms with Crippen molar-refractivity contribution in [3.05, 3.63) is 64.5 Å². The number of alkyl halides is 3. The van der Waals surface area contributed by atoms with Gasteiger partial charge in [0.15, 0.2) is 0 Å². The van der Waals surface area contributed by atoms with Gasteiger partial charge >= 0.3 is 6.18 Å². The predicted molar refractivity (Wildman–Crippen MR) is 82.8 cm³/mol. The van der Waals surface area contributed by atoms with Crippen LogP contribution in [0.15, 0.2) is 36.4 Å². The molecule has 0 atom stereocenters. The molecule has 2 aromatic rings. The normalized spacial score (nSPS) is 14.2. The van der Waals surface area contributed by atoms with Crippen LogP contribution in [-0.4, -0.2) is 24.5 Å². The molecule has 1 amide bonds. The topological polar surface area (TPSA) is 29.5 Å². The molecule has 0 saturated heterocycles. The number of hydrogen-bond donors (Lipinski definition) is 0. The third kappa shape index (κ3) is 3.45. The van der Waals surface area contributed by atoms with E-state index in [1.807, 2.05) is 12.1 Å². The number of rotatable bonds is 2. The van der Waals surface area contributed by atoms with Crippen LogP contribution in [0.4, 0.5) is 17.6 Å². The molecule has 0 spiro atoms. The molecule has 7 heteroatoms. The van der Waals surface area contributed by atoms with Crippen molar-refractivity contribution in [1.29, 1.82) is 0 Å². The van der Waals surface area contributed by atoms with Crippen LogP contribution < -0.4 is 4.74 Å². The van der Waals surface area contributed by atoms with Crippen molar-refractivity contribution in [2.24, 2.45) is 0 Å². The number of methoxy groups -OCH3 is 1. The van der Waals surface area contributed by atoms with Gasteiger partial charge in [-0.05, 0) is 47.9 Å². The van der Waals surface area contributed by atoms with Crippen molar-refractivity contribution >= 4 is 5.91 Å². The molecule has 0 saturated carbocycles. The summed E-state index contributed by atoms with van der Waals surface area (Å²) in [5, 5.41) is 0. The molecular weight excluding hydrogens is 338 g/mol. The number of ether oxygens (including phenoxy) is 1. The monoisotopic (exact) mass is 353 g/mol. The molecule has 3 rings (SSSR count). The highest BCUT2D eigenvalue weighted by Crippen LogP contribution is 2.32. The Bertz CT molecular complexity index is 817. The molecule has 0 N–H and O–H groups in total. The van der Waals surface area contributed by atoms with Crippen molar-refractivity contribution in [1.82, 2.24) is 4.90 Å². The number of fused-ring (bicyclic) bond motifs is 1. The average molecular weight is 353 g/mol. The highest BCUT2D eigenvalue weighted by molar-refractivity contribution is 5.94. The van der Waals surface area contributed by atoms with Crippen molar-refractivity contribution in [2.75, 3.05) is 13.7 Å². The average Bonchev–Trinajstić information content (AvgIpc) is 2.59. The smallest absolute Gasteiger partial charge is 0.419 e. The number of carbonyl (C=O) groups excluding carboxylic acids is 1. The van der Waals surface area contributed by atoms with E-state index >= 15 is 0 Å². The van der Waals surface area contributed by atoms with Gasteiger partial charge < -0.3 is 9.64 Å². The van der Waals surface area contributed by atoms with Gasteiger partial charge in [-0.25, -0.2) is 4.39 Å². The van der Waals surface area contributed by atoms with E-state index in [0.29, 0.717) is 30.8 Å². The molecule has 132 valence electrons. The molecule has 1 aliphatic heterocycles. The van der Waals surface area contributed by atoms with Gasteiger partial charge in [-0.15, -0.1) is 0 Å². The van der Waals surface area contributed by atoms with E-state index in [9.17, 15) is 22.4 Å². The van der Waals surface area contributed by atoms with Crippen molar-refractivity contribution < 1.29 is 27.1 Å². The van der Waals surface area contributed by atoms with E-state index in [4.69, 9.17) is 4.74 Å². The first-order valence-corrected chi connectivity index (χ1v) is 7.61. The summed E-state index contributed by atoms with van der Waals surface area (Å²) in [5.74, 6) is -1.30. The molecule has 0 fully saturated rings. The van der Waals surface area contributed by atoms with Crippen molar-refractivity contribution in [3.8, 4) is 5.75 Å². The fraction of sp³-hybridized carbons (Fsp3) is 0.278. The molecule has 0 aliphatic carbocycles. The Hall–Kier alpha value is -2.57. The highest BCUT2D eigenvalue weighted by atomic mass is 19.4. The summed E-state index contributed by atoms with van der Waals surface area (Å²) in [6, 6.07) is 7.87. The van der Waals surface area contributed by atoms with E-state index in [2.05, 4.69) is 0 Å². The first-order valence-electron chi connectivity index (χ1n) is 7.61. The molecule has 0 aromatic heterocycles. The number of nitrogens with zero attached hydrogens (tertiary/aromatic N) is 1. The molecule has 3 nitrogen and oxygen atoms in total. The van der Waals surface area contributed by atoms with E-state index in [1.165, 1.54) is 12.0 Å². The Morgan fingerprint density at radius 3 is 2.56 bits per heavy atom. The number of benzene rings is 2. The number of carbonyl (C=O) groups is 1. The van der Waals surface area contributed by atoms with Crippen LogP contribution in [0.5, 0.6) is 5.75 Å². The van der Waals surface area contributed by atoms with Crippen molar-refractivity contribution in [3.63, 3.8) is 0 Å². The summed E-state index contributed by atoms with van der Waals surface area (Å²) in [6.45, 7) is 0.654. The second kappa shape index (κ2) is 6.38. The Balaban J connectivity index is 1.87. The minimum Gasteiger partial charge on any atom is -0.497 e. The van der Waals surface area contributed by atoms with Crippen LogP contribution in [0, 0.1) is 5.82 Å². The number of halogens is 4. The molecule has 2 aromatic carbocycles. The molecule has 0 bridgehead atoms. The molecule has 0 unspecified atom stereocenters. The van der Waals surface area contributed by atoms with Gasteiger partial charge in [0.25, 0.3) is 5.91 Å². The lowest BCUT2D eigenvalue weighted by molar-refractivity contribution is -0.140. The van der Waals surface area contributed by atoms with Gasteiger partial charge in [-0.3, -0.25) is 4.79 Å². The van der Waals surface area contributed by atoms with E-state index in [-0.39, 0.29) is 12.1 Å². The second-order valence-electron chi connectivity index (χ2n) is 5.80. The van der Waals surface area contributed by atoms with Crippen LogP contribution in [0.3, 0.4) is 0 Å². The Labute approximate surface area is 141 Å². The molecule has 1 heterocycles. The van der Waals surface area contributed by atoms with E-state index in [1.54, 1.807) is 6.07 Å². The first kappa shape index (κ1) is 17.3. The molecule has 1 aliphatic rings. The summed E-state index contributed by atoms with van der Waals surface area (Å²) in [6.07, 6.45) is -4.25. The standard InChI is InChI=1S/C18H15F4NO2/c1-25-14-4-2-11-6-7-23(10-13(11)8-14)17(24)12-3-5-16(19)15(9-12)18(20,21)22/h2-5,8-9H,6-7,10H2,1H3. The maximum Gasteiger partial charge on any atom is 0.419 e. The first-order chi connectivity index (χ1) is 11.8. The number of amides is 1. The number of hydrogen-bond acceptors (Lipinski definition) is 2. The lowest BCUT2D eigenvalue weighted by Crippen LogP contribution is -2.36. The van der Waals surface area contributed by atoms with Gasteiger partial charge in [-0.2, -0.15) is 13.2 Å². The summed E-state index contributed by atoms with van der Waals surface area (Å²) in [4.78, 5) is 14.0. The van der Waals surface area contributed by atoms with Crippen LogP contribution in [0.1, 0.15) is 27.0 Å². The zero-order chi connectivity index (χ0) is 18.2. The van der Waals surface area contributed by atoms with Gasteiger partial charge in [-0.1, -0.05) is 6.07 Å². The Morgan fingerprint density at radius 1 is 1.12 bits per heavy atom. The lowest BCUT2D eigenvalue weighted by atomic mass is 9.98. The third-order valence-electron chi connectivity index (χ3n) is 4.23. The summed E-state index contributed by atoms with van der Waals surface area (Å²) < 4.78 is 57.1. The van der Waals surface area contributed by atoms with E-state index < -0.39 is 23.5 Å². The minimum absolute atomic E-state index is 0.180. The van der Waals surface area contributed by atoms with Crippen LogP contribution in [-0.2, 0) is 19.1 Å². The maximum absolute atomic E-state index is 13.4. The minimum atomic E-state index is -4.85. The van der Waals surface area contributed by atoms with Crippen LogP contribution >= 0.6 is 0 Å². The lowest BCUT2D eigenvalue weighted by Gasteiger charge is -2.29. The zero-order valence-electron chi connectivity index (χ0n) is 13.4. The summed E-state index contributed by atoms with van der Waals surface area (Å²) >= 11 is 0. The van der Waals surface area contributed by atoms with Gasteiger partial charge in [0.2, 0.25) is 0 Å². The SMILES string of the molecule is COc1ccc2c(c1)CN(C(=O)c1ccc(F)c(C(F)(F)F)c1)CC2. The van der Waals surface area contributed by atoms with Gasteiger partial charge in [0.1, 0.15) is 11.6 Å². The fourth-order valence-corrected chi connectivity index (χ4v) is 2.89. The third-order valence-corrected chi connectivity index (χ3v) is 4.23. The summed E-state index contributed by atoms with van der Waals surface area (Å²) in [5.41, 5.74) is 0.342. The van der Waals surface area contributed by atoms with E-state index in [0.717, 1.165) is 17.2 Å². The highest BCUT2D eigenvalue weighted by Gasteiger charge is 2.35. The zero-order valence-corrected chi connectivity index (χ0v) is 13.4. The largest absolute Gasteiger partial charge is 0.497 e. The van der Waals surface area contributed by atoms with Gasteiger partial charge in [0.05, 0.1) is 12.7 Å². The van der Waals surface area contributed by atoms with Gasteiger partial charge in [0, 0.05) is 18.7 Å². The second-order valence-corrected chi connectivity index (χ2v) is 5.80. The van der Waals surface area contributed by atoms with Crippen LogP contribution in [0.25, 0.3) is 0 Å². The fourth-order valence-electron chi connectivity index (χ4n) is 2.89. The summed E-state index contributed by atoms with van der Waals surface area (Å²) in [7, 11) is 1.53. The quantitative estimate of drug-likeness (QED) is 0.763. The van der Waals surface area contributed by atoms with Crippen LogP contribution in [0.2, 0.25) is 0 Å². The Kier molecular flexibility index (Phi) is 4.41. The van der Waals surface area contributed by atoms with Crippen molar-refractivity contribution in [2.45, 2.75) is 19.1 Å². The maximum atomic E-state index is 13.4. The predicted octanol–water partition coefficient (Wildman–Crippen LogP) is 4.05. The Morgan fingerprint density at radius 2 is 1.88 bits per heavy atom. The molecule has 0 radical (unpaired) electrons.